The van der Waals surface area contributed by atoms with Crippen LogP contribution in [0.4, 0.5) is 0 Å². The maximum absolute atomic E-state index is 5.17. The molecule has 0 atom stereocenters. The van der Waals surface area contributed by atoms with Crippen molar-refractivity contribution in [2.45, 2.75) is 40.2 Å². The molecule has 1 aromatic rings. The normalized spacial score (nSPS) is 17.8. The van der Waals surface area contributed by atoms with Crippen LogP contribution in [0.3, 0.4) is 0 Å². The lowest BCUT2D eigenvalue weighted by molar-refractivity contribution is 0.203. The Morgan fingerprint density at radius 1 is 1.47 bits per heavy atom. The minimum atomic E-state index is 0.426. The molecule has 0 fully saturated rings. The van der Waals surface area contributed by atoms with Crippen LogP contribution in [0.15, 0.2) is 10.7 Å². The van der Waals surface area contributed by atoms with E-state index >= 15 is 0 Å². The first-order chi connectivity index (χ1) is 7.04. The van der Waals surface area contributed by atoms with E-state index in [1.165, 1.54) is 18.5 Å². The molecule has 0 radical (unpaired) electrons. The molecule has 2 heterocycles. The van der Waals surface area contributed by atoms with Crippen LogP contribution in [-0.2, 0) is 13.0 Å². The Balaban J connectivity index is 1.88. The van der Waals surface area contributed by atoms with E-state index in [-0.39, 0.29) is 0 Å². The molecule has 1 aromatic heterocycles. The highest BCUT2D eigenvalue weighted by Gasteiger charge is 2.20. The van der Waals surface area contributed by atoms with E-state index in [2.05, 4.69) is 30.8 Å². The van der Waals surface area contributed by atoms with Gasteiger partial charge in [-0.05, 0) is 18.4 Å². The van der Waals surface area contributed by atoms with E-state index in [4.69, 9.17) is 4.52 Å². The van der Waals surface area contributed by atoms with Gasteiger partial charge in [-0.15, -0.1) is 0 Å². The fourth-order valence-electron chi connectivity index (χ4n) is 1.88. The van der Waals surface area contributed by atoms with E-state index in [1.54, 1.807) is 0 Å². The van der Waals surface area contributed by atoms with Gasteiger partial charge < -0.3 is 4.52 Å². The van der Waals surface area contributed by atoms with Crippen LogP contribution in [0, 0.1) is 5.41 Å². The summed E-state index contributed by atoms with van der Waals surface area (Å²) in [6, 6.07) is 0. The Morgan fingerprint density at radius 2 is 2.27 bits per heavy atom. The highest BCUT2D eigenvalue weighted by atomic mass is 16.5. The lowest BCUT2D eigenvalue weighted by Gasteiger charge is -2.28. The highest BCUT2D eigenvalue weighted by Crippen LogP contribution is 2.22. The van der Waals surface area contributed by atoms with E-state index in [0.29, 0.717) is 5.41 Å². The molecule has 0 unspecified atom stereocenters. The second kappa shape index (κ2) is 3.97. The summed E-state index contributed by atoms with van der Waals surface area (Å²) in [5.41, 5.74) is 1.70. The minimum absolute atomic E-state index is 0.426. The predicted octanol–water partition coefficient (Wildman–Crippen LogP) is 2.47. The first kappa shape index (κ1) is 10.7. The molecule has 0 spiro atoms. The number of nitrogens with zero attached hydrogens (tertiary/aromatic N) is 2. The third kappa shape index (κ3) is 2.81. The second-order valence-corrected chi connectivity index (χ2v) is 5.61. The summed E-state index contributed by atoms with van der Waals surface area (Å²) in [5.74, 6) is 1.09. The summed E-state index contributed by atoms with van der Waals surface area (Å²) in [6.45, 7) is 10.2. The van der Waals surface area contributed by atoms with Crippen LogP contribution in [-0.4, -0.2) is 23.1 Å². The van der Waals surface area contributed by atoms with Gasteiger partial charge >= 0.3 is 0 Å². The second-order valence-electron chi connectivity index (χ2n) is 5.61. The molecular weight excluding hydrogens is 188 g/mol. The van der Waals surface area contributed by atoms with Gasteiger partial charge in [-0.3, -0.25) is 4.90 Å². The SMILES string of the molecule is CC(C)(C)CCN1CCc2oncc2C1. The molecule has 0 amide bonds. The summed E-state index contributed by atoms with van der Waals surface area (Å²) < 4.78 is 5.17. The van der Waals surface area contributed by atoms with Gasteiger partial charge in [-0.2, -0.15) is 0 Å². The minimum Gasteiger partial charge on any atom is -0.361 e. The van der Waals surface area contributed by atoms with Crippen molar-refractivity contribution in [2.24, 2.45) is 5.41 Å². The average molecular weight is 208 g/mol. The maximum atomic E-state index is 5.17. The van der Waals surface area contributed by atoms with Gasteiger partial charge in [0.2, 0.25) is 0 Å². The molecule has 3 heteroatoms. The largest absolute Gasteiger partial charge is 0.361 e. The van der Waals surface area contributed by atoms with Crippen LogP contribution in [0.1, 0.15) is 38.5 Å². The monoisotopic (exact) mass is 208 g/mol. The van der Waals surface area contributed by atoms with E-state index in [9.17, 15) is 0 Å². The topological polar surface area (TPSA) is 29.3 Å². The van der Waals surface area contributed by atoms with Crippen LogP contribution in [0.25, 0.3) is 0 Å². The van der Waals surface area contributed by atoms with Gasteiger partial charge in [-0.1, -0.05) is 25.9 Å². The molecule has 1 aliphatic rings. The van der Waals surface area contributed by atoms with Crippen molar-refractivity contribution in [1.82, 2.24) is 10.1 Å². The quantitative estimate of drug-likeness (QED) is 0.747. The van der Waals surface area contributed by atoms with Crippen molar-refractivity contribution in [3.05, 3.63) is 17.5 Å². The number of aromatic nitrogens is 1. The standard InChI is InChI=1S/C12H20N2O/c1-12(2,3)5-7-14-6-4-11-10(9-14)8-13-15-11/h8H,4-7,9H2,1-3H3. The fourth-order valence-corrected chi connectivity index (χ4v) is 1.88. The van der Waals surface area contributed by atoms with Gasteiger partial charge in [0.1, 0.15) is 5.76 Å². The fraction of sp³-hybridized carbons (Fsp3) is 0.750. The van der Waals surface area contributed by atoms with Gasteiger partial charge in [0.25, 0.3) is 0 Å². The van der Waals surface area contributed by atoms with Crippen LogP contribution >= 0.6 is 0 Å². The highest BCUT2D eigenvalue weighted by molar-refractivity contribution is 5.16. The summed E-state index contributed by atoms with van der Waals surface area (Å²) in [6.07, 6.45) is 4.12. The Bertz CT molecular complexity index is 325. The number of hydrogen-bond donors (Lipinski definition) is 0. The molecule has 0 saturated heterocycles. The van der Waals surface area contributed by atoms with Crippen molar-refractivity contribution in [3.63, 3.8) is 0 Å². The van der Waals surface area contributed by atoms with E-state index in [1.807, 2.05) is 6.20 Å². The van der Waals surface area contributed by atoms with Crippen molar-refractivity contribution in [3.8, 4) is 0 Å². The predicted molar refractivity (Wildman–Crippen MR) is 59.6 cm³/mol. The van der Waals surface area contributed by atoms with Crippen molar-refractivity contribution in [2.75, 3.05) is 13.1 Å². The Kier molecular flexibility index (Phi) is 2.83. The Labute approximate surface area is 91.4 Å². The molecule has 0 saturated carbocycles. The Morgan fingerprint density at radius 3 is 3.00 bits per heavy atom. The van der Waals surface area contributed by atoms with Crippen LogP contribution < -0.4 is 0 Å². The summed E-state index contributed by atoms with van der Waals surface area (Å²) in [4.78, 5) is 2.49. The summed E-state index contributed by atoms with van der Waals surface area (Å²) >= 11 is 0. The zero-order valence-corrected chi connectivity index (χ0v) is 9.92. The lowest BCUT2D eigenvalue weighted by Crippen LogP contribution is -2.32. The third-order valence-corrected chi connectivity index (χ3v) is 2.96. The van der Waals surface area contributed by atoms with Crippen molar-refractivity contribution >= 4 is 0 Å². The third-order valence-electron chi connectivity index (χ3n) is 2.96. The molecule has 0 aliphatic carbocycles. The molecule has 1 aliphatic heterocycles. The van der Waals surface area contributed by atoms with Gasteiger partial charge in [0.05, 0.1) is 6.20 Å². The molecular formula is C12H20N2O. The first-order valence-electron chi connectivity index (χ1n) is 5.69. The average Bonchev–Trinajstić information content (AvgIpc) is 2.60. The zero-order chi connectivity index (χ0) is 10.9. The molecule has 3 nitrogen and oxygen atoms in total. The molecule has 0 bridgehead atoms. The molecule has 0 N–H and O–H groups in total. The molecule has 2 rings (SSSR count). The van der Waals surface area contributed by atoms with E-state index in [0.717, 1.165) is 25.3 Å². The van der Waals surface area contributed by atoms with Gasteiger partial charge in [0.15, 0.2) is 0 Å². The Hall–Kier alpha value is -0.830. The lowest BCUT2D eigenvalue weighted by atomic mass is 9.92. The van der Waals surface area contributed by atoms with Crippen molar-refractivity contribution in [1.29, 1.82) is 0 Å². The number of fused-ring (bicyclic) bond motifs is 1. The van der Waals surface area contributed by atoms with Crippen LogP contribution in [0.2, 0.25) is 0 Å². The van der Waals surface area contributed by atoms with Crippen LogP contribution in [0.5, 0.6) is 0 Å². The molecule has 0 aromatic carbocycles. The molecule has 84 valence electrons. The molecule has 15 heavy (non-hydrogen) atoms. The van der Waals surface area contributed by atoms with Crippen molar-refractivity contribution < 1.29 is 4.52 Å². The van der Waals surface area contributed by atoms with E-state index < -0.39 is 0 Å². The number of hydrogen-bond acceptors (Lipinski definition) is 3. The first-order valence-corrected chi connectivity index (χ1v) is 5.69. The summed E-state index contributed by atoms with van der Waals surface area (Å²) in [7, 11) is 0. The van der Waals surface area contributed by atoms with Gasteiger partial charge in [0, 0.05) is 25.1 Å². The van der Waals surface area contributed by atoms with Gasteiger partial charge in [-0.25, -0.2) is 0 Å². The zero-order valence-electron chi connectivity index (χ0n) is 9.92. The smallest absolute Gasteiger partial charge is 0.142 e. The maximum Gasteiger partial charge on any atom is 0.142 e. The summed E-state index contributed by atoms with van der Waals surface area (Å²) in [5, 5.41) is 3.85. The number of rotatable bonds is 2.